The summed E-state index contributed by atoms with van der Waals surface area (Å²) in [5, 5.41) is 15.1. The Balaban J connectivity index is 0.933. The molecule has 4 aromatic heterocycles. The predicted molar refractivity (Wildman–Crippen MR) is 358 cm³/mol. The number of aromatic nitrogens is 8. The van der Waals surface area contributed by atoms with Crippen molar-refractivity contribution in [3.63, 3.8) is 0 Å². The number of carbonyl (C=O) groups excluding carboxylic acids is 2. The van der Waals surface area contributed by atoms with Gasteiger partial charge < -0.3 is 38.0 Å². The highest BCUT2D eigenvalue weighted by Crippen LogP contribution is 2.58. The van der Waals surface area contributed by atoms with E-state index >= 15 is 9.13 Å². The van der Waals surface area contributed by atoms with Gasteiger partial charge in [0, 0.05) is 24.3 Å². The average Bonchev–Trinajstić information content (AvgIpc) is 1.76. The lowest BCUT2D eigenvalue weighted by Crippen LogP contribution is -2.38. The van der Waals surface area contributed by atoms with Gasteiger partial charge in [-0.3, -0.25) is 51.9 Å². The molecule has 0 saturated carbocycles. The fourth-order valence-electron chi connectivity index (χ4n) is 11.1. The highest BCUT2D eigenvalue weighted by atomic mass is 35.5. The van der Waals surface area contributed by atoms with Gasteiger partial charge in [0.25, 0.3) is 11.5 Å². The van der Waals surface area contributed by atoms with Gasteiger partial charge in [-0.05, 0) is 77.4 Å². The third kappa shape index (κ3) is 15.2. The summed E-state index contributed by atoms with van der Waals surface area (Å²) < 4.78 is 104. The van der Waals surface area contributed by atoms with Crippen LogP contribution in [0.2, 0.25) is 10.0 Å². The number of phosphoric ester groups is 2. The molecule has 506 valence electrons. The van der Waals surface area contributed by atoms with Crippen LogP contribution in [0, 0.1) is 17.2 Å². The SMILES string of the molecule is COc1ccc(C(OC[C@H]2O[C@@H](n3cnc4c(=O)[nH]c(NC(=O)C(C)C)nc43)C[C@@H]2OP(=O)(OC[C@H]2O[C@@H](n3cnc4c(NC(=O)c5ccccc5)ncnc43)C[C@@H]2OP(=O)(OCCC#N)Oc2ccccc2Cl)Oc2ccccc2Cl)(c2ccccc2)c2ccc(OC)cc2)cc1. The monoisotopic (exact) mass is 1410 g/mol. The van der Waals surface area contributed by atoms with Crippen molar-refractivity contribution in [1.29, 1.82) is 5.26 Å². The van der Waals surface area contributed by atoms with Crippen LogP contribution in [-0.2, 0) is 51.8 Å². The molecule has 2 saturated heterocycles. The predicted octanol–water partition coefficient (Wildman–Crippen LogP) is 12.8. The number of carbonyl (C=O) groups is 2. The van der Waals surface area contributed by atoms with E-state index in [0.29, 0.717) is 33.8 Å². The summed E-state index contributed by atoms with van der Waals surface area (Å²) in [4.78, 5) is 65.0. The van der Waals surface area contributed by atoms with Crippen molar-refractivity contribution >= 4 is 84.8 Å². The van der Waals surface area contributed by atoms with E-state index in [1.54, 1.807) is 107 Å². The first-order chi connectivity index (χ1) is 47.4. The summed E-state index contributed by atoms with van der Waals surface area (Å²) >= 11 is 13.3. The lowest BCUT2D eigenvalue weighted by atomic mass is 9.80. The molecular formula is C67H63Cl2N11O16P2. The molecule has 0 spiro atoms. The zero-order valence-electron chi connectivity index (χ0n) is 52.8. The second-order valence-corrected chi connectivity index (χ2v) is 26.5. The van der Waals surface area contributed by atoms with E-state index in [9.17, 15) is 19.6 Å². The summed E-state index contributed by atoms with van der Waals surface area (Å²) in [6, 6.07) is 46.9. The topological polar surface area (TPSA) is 325 Å². The Kier molecular flexibility index (Phi) is 21.1. The Morgan fingerprint density at radius 1 is 0.663 bits per heavy atom. The number of hydrogen-bond acceptors (Lipinski definition) is 22. The van der Waals surface area contributed by atoms with Crippen molar-refractivity contribution < 1.29 is 69.5 Å². The average molecular weight is 1410 g/mol. The molecule has 6 aromatic carbocycles. The molecule has 31 heteroatoms. The first kappa shape index (κ1) is 68.5. The second kappa shape index (κ2) is 30.2. The maximum atomic E-state index is 16.3. The molecule has 3 N–H and O–H groups in total. The number of H-pyrrole nitrogens is 1. The van der Waals surface area contributed by atoms with Crippen molar-refractivity contribution in [3.8, 4) is 29.1 Å². The molecule has 2 amide bonds. The first-order valence-corrected chi connectivity index (χ1v) is 34.4. The van der Waals surface area contributed by atoms with Crippen LogP contribution in [-0.4, -0.2) is 109 Å². The van der Waals surface area contributed by atoms with Gasteiger partial charge in [0.2, 0.25) is 11.9 Å². The van der Waals surface area contributed by atoms with Crippen molar-refractivity contribution in [3.05, 3.63) is 219 Å². The van der Waals surface area contributed by atoms with E-state index in [0.717, 1.165) is 0 Å². The third-order valence-electron chi connectivity index (χ3n) is 15.9. The number of imidazole rings is 2. The van der Waals surface area contributed by atoms with Crippen molar-refractivity contribution in [2.24, 2.45) is 5.92 Å². The molecule has 6 heterocycles. The van der Waals surface area contributed by atoms with E-state index in [2.05, 4.69) is 40.5 Å². The van der Waals surface area contributed by atoms with Crippen molar-refractivity contribution in [2.75, 3.05) is 44.7 Å². The fourth-order valence-corrected chi connectivity index (χ4v) is 14.4. The van der Waals surface area contributed by atoms with Gasteiger partial charge in [0.05, 0.1) is 69.2 Å². The molecule has 2 unspecified atom stereocenters. The number of nitrogens with one attached hydrogen (secondary N) is 3. The molecule has 8 atom stereocenters. The molecule has 0 radical (unpaired) electrons. The maximum absolute atomic E-state index is 16.3. The number of aromatic amines is 1. The number of amides is 2. The van der Waals surface area contributed by atoms with Crippen LogP contribution < -0.4 is 34.7 Å². The van der Waals surface area contributed by atoms with Gasteiger partial charge in [-0.1, -0.05) is 134 Å². The third-order valence-corrected chi connectivity index (χ3v) is 19.4. The number of fused-ring (bicyclic) bond motifs is 2. The van der Waals surface area contributed by atoms with Gasteiger partial charge in [-0.15, -0.1) is 0 Å². The molecule has 2 fully saturated rings. The number of phosphoric acid groups is 2. The Bertz CT molecular complexity index is 4640. The van der Waals surface area contributed by atoms with E-state index in [4.69, 9.17) is 74.0 Å². The molecule has 2 aliphatic heterocycles. The van der Waals surface area contributed by atoms with E-state index in [1.165, 1.54) is 52.4 Å². The number of para-hydroxylation sites is 2. The number of ether oxygens (including phenoxy) is 5. The molecule has 0 aliphatic carbocycles. The van der Waals surface area contributed by atoms with Crippen LogP contribution in [0.4, 0.5) is 11.8 Å². The zero-order chi connectivity index (χ0) is 68.6. The maximum Gasteiger partial charge on any atom is 0.530 e. The number of benzene rings is 6. The first-order valence-electron chi connectivity index (χ1n) is 30.7. The molecule has 10 aromatic rings. The number of rotatable bonds is 28. The van der Waals surface area contributed by atoms with Crippen LogP contribution in [0.1, 0.15) is 72.6 Å². The van der Waals surface area contributed by atoms with Crippen LogP contribution in [0.15, 0.2) is 182 Å². The van der Waals surface area contributed by atoms with Gasteiger partial charge in [-0.25, -0.2) is 29.1 Å². The summed E-state index contributed by atoms with van der Waals surface area (Å²) in [5.74, 6) is -0.511. The van der Waals surface area contributed by atoms with E-state index in [-0.39, 0.29) is 81.5 Å². The number of halogens is 2. The zero-order valence-corrected chi connectivity index (χ0v) is 56.1. The molecule has 0 bridgehead atoms. The number of anilines is 2. The smallest absolute Gasteiger partial charge is 0.497 e. The fraction of sp³-hybridized carbons (Fsp3) is 0.269. The second-order valence-electron chi connectivity index (χ2n) is 22.6. The highest BCUT2D eigenvalue weighted by Gasteiger charge is 2.50. The van der Waals surface area contributed by atoms with E-state index in [1.807, 2.05) is 60.7 Å². The molecule has 12 rings (SSSR count). The van der Waals surface area contributed by atoms with Gasteiger partial charge >= 0.3 is 15.6 Å². The molecule has 98 heavy (non-hydrogen) atoms. The molecule has 2 aliphatic rings. The van der Waals surface area contributed by atoms with Crippen molar-refractivity contribution in [2.45, 2.75) is 75.6 Å². The summed E-state index contributed by atoms with van der Waals surface area (Å²) in [7, 11) is -6.88. The summed E-state index contributed by atoms with van der Waals surface area (Å²) in [6.45, 7) is 1.87. The summed E-state index contributed by atoms with van der Waals surface area (Å²) in [6.07, 6.45) is -4.23. The normalized spacial score (nSPS) is 19.0. The van der Waals surface area contributed by atoms with E-state index < -0.39 is 94.6 Å². The van der Waals surface area contributed by atoms with Crippen LogP contribution >= 0.6 is 38.8 Å². The van der Waals surface area contributed by atoms with Crippen LogP contribution in [0.3, 0.4) is 0 Å². The molecular weight excluding hydrogens is 1350 g/mol. The van der Waals surface area contributed by atoms with Crippen LogP contribution in [0.5, 0.6) is 23.0 Å². The van der Waals surface area contributed by atoms with Crippen molar-refractivity contribution in [1.82, 2.24) is 39.0 Å². The lowest BCUT2D eigenvalue weighted by Gasteiger charge is -2.37. The largest absolute Gasteiger partial charge is 0.530 e. The van der Waals surface area contributed by atoms with Crippen LogP contribution in [0.25, 0.3) is 22.3 Å². The minimum absolute atomic E-state index is 0.00685. The Labute approximate surface area is 570 Å². The highest BCUT2D eigenvalue weighted by molar-refractivity contribution is 7.49. The Hall–Kier alpha value is -9.39. The lowest BCUT2D eigenvalue weighted by molar-refractivity contribution is -0.119. The van der Waals surface area contributed by atoms with Gasteiger partial charge in [0.1, 0.15) is 71.8 Å². The Morgan fingerprint density at radius 2 is 1.18 bits per heavy atom. The number of hydrogen-bond donors (Lipinski definition) is 3. The standard InChI is InChI=1S/C67H63Cl2N11O16P2/c1-41(2)63(81)77-66-76-62-59(65(83)78-66)74-40-80(62)57-34-52(54(91-57)36-88-67(43-18-9-6-10-19-43,44-24-28-46(86-3)29-25-44)45-26-30-47(87-4)31-27-45)96-98(85,94-51-23-14-12-21-49(51)69)90-37-55-53(95-97(84,89-33-15-32-70)93-50-22-13-11-20-48(50)68)35-56(92-55)79-39-73-58-60(71-38-72-61(58)79)75-64(82)42-16-7-5-8-17-42/h5-14,16-31,38-41,52-57H,15,33-37H2,1-4H3,(H,71,72,75,82)(H2,76,77,78,81,83)/t52-,53-,54+,55+,56+,57+,97?,98?/m0/s1. The molecule has 27 nitrogen and oxygen atoms in total. The number of nitrogens with zero attached hydrogens (tertiary/aromatic N) is 8. The van der Waals surface area contributed by atoms with Gasteiger partial charge in [-0.2, -0.15) is 10.2 Å². The minimum atomic E-state index is -5.17. The quantitative estimate of drug-likeness (QED) is 0.0233. The Morgan fingerprint density at radius 3 is 1.74 bits per heavy atom. The summed E-state index contributed by atoms with van der Waals surface area (Å²) in [5.41, 5.74) is 0.533. The number of methoxy groups -OCH3 is 2. The van der Waals surface area contributed by atoms with Gasteiger partial charge in [0.15, 0.2) is 28.1 Å². The number of nitriles is 1. The minimum Gasteiger partial charge on any atom is -0.497 e.